The van der Waals surface area contributed by atoms with Crippen LogP contribution >= 0.6 is 0 Å². The first-order valence-electron chi connectivity index (χ1n) is 9.70. The van der Waals surface area contributed by atoms with Crippen molar-refractivity contribution in [3.63, 3.8) is 0 Å². The highest BCUT2D eigenvalue weighted by atomic mass is 16.4. The van der Waals surface area contributed by atoms with Gasteiger partial charge in [0.05, 0.1) is 12.5 Å². The van der Waals surface area contributed by atoms with Crippen molar-refractivity contribution in [2.24, 2.45) is 27.9 Å². The molecule has 12 N–H and O–H groups in total. The molecule has 1 aromatic carbocycles. The number of rotatable bonds is 13. The maximum Gasteiger partial charge on any atom is 0.326 e. The lowest BCUT2D eigenvalue weighted by Crippen LogP contribution is -2.55. The predicted octanol–water partition coefficient (Wildman–Crippen LogP) is -2.75. The van der Waals surface area contributed by atoms with Crippen LogP contribution in [0.1, 0.15) is 24.8 Å². The molecule has 0 saturated heterocycles. The van der Waals surface area contributed by atoms with Crippen molar-refractivity contribution >= 4 is 29.7 Å². The van der Waals surface area contributed by atoms with Crippen molar-refractivity contribution in [3.8, 4) is 5.75 Å². The van der Waals surface area contributed by atoms with Crippen LogP contribution in [-0.2, 0) is 25.6 Å². The summed E-state index contributed by atoms with van der Waals surface area (Å²) in [4.78, 5) is 51.5. The van der Waals surface area contributed by atoms with Gasteiger partial charge in [-0.15, -0.1) is 0 Å². The predicted molar refractivity (Wildman–Crippen MR) is 115 cm³/mol. The third-order valence-corrected chi connectivity index (χ3v) is 4.33. The fourth-order valence-corrected chi connectivity index (χ4v) is 2.70. The van der Waals surface area contributed by atoms with Gasteiger partial charge in [0.2, 0.25) is 17.7 Å². The van der Waals surface area contributed by atoms with Crippen molar-refractivity contribution in [2.75, 3.05) is 6.54 Å². The van der Waals surface area contributed by atoms with Gasteiger partial charge in [-0.1, -0.05) is 12.1 Å². The van der Waals surface area contributed by atoms with Crippen molar-refractivity contribution in [2.45, 2.75) is 43.8 Å². The van der Waals surface area contributed by atoms with Crippen molar-refractivity contribution in [1.82, 2.24) is 10.6 Å². The number of nitrogens with one attached hydrogen (secondary N) is 2. The number of aromatic hydroxyl groups is 1. The zero-order valence-corrected chi connectivity index (χ0v) is 17.4. The number of nitrogens with two attached hydrogens (primary N) is 4. The summed E-state index contributed by atoms with van der Waals surface area (Å²) in [6, 6.07) is 2.24. The number of hydrogen-bond acceptors (Lipinski definition) is 7. The normalized spacial score (nSPS) is 13.3. The van der Waals surface area contributed by atoms with E-state index in [1.165, 1.54) is 12.1 Å². The largest absolute Gasteiger partial charge is 0.508 e. The van der Waals surface area contributed by atoms with Crippen molar-refractivity contribution in [3.05, 3.63) is 29.8 Å². The molecule has 0 bridgehead atoms. The number of amides is 3. The number of carbonyl (C=O) groups is 4. The highest BCUT2D eigenvalue weighted by Gasteiger charge is 2.29. The second-order valence-electron chi connectivity index (χ2n) is 7.06. The molecule has 0 radical (unpaired) electrons. The molecule has 0 unspecified atom stereocenters. The minimum atomic E-state index is -1.41. The van der Waals surface area contributed by atoms with E-state index in [1.807, 2.05) is 0 Å². The van der Waals surface area contributed by atoms with Gasteiger partial charge in [-0.05, 0) is 37.0 Å². The van der Waals surface area contributed by atoms with E-state index < -0.39 is 48.2 Å². The number of benzene rings is 1. The summed E-state index contributed by atoms with van der Waals surface area (Å²) in [5, 5.41) is 23.2. The van der Waals surface area contributed by atoms with Gasteiger partial charge in [-0.3, -0.25) is 19.4 Å². The number of phenols is 1. The molecule has 0 saturated carbocycles. The number of primary amides is 1. The Bertz CT molecular complexity index is 839. The Morgan fingerprint density at radius 3 is 2.09 bits per heavy atom. The van der Waals surface area contributed by atoms with E-state index in [9.17, 15) is 29.4 Å². The maximum atomic E-state index is 12.6. The Morgan fingerprint density at radius 1 is 0.969 bits per heavy atom. The lowest BCUT2D eigenvalue weighted by molar-refractivity contribution is -0.142. The molecule has 13 heteroatoms. The van der Waals surface area contributed by atoms with Gasteiger partial charge in [-0.2, -0.15) is 0 Å². The fraction of sp³-hybridized carbons (Fsp3) is 0.421. The summed E-state index contributed by atoms with van der Waals surface area (Å²) in [7, 11) is 0. The monoisotopic (exact) mass is 451 g/mol. The first-order valence-corrected chi connectivity index (χ1v) is 9.70. The van der Waals surface area contributed by atoms with Crippen LogP contribution in [0.25, 0.3) is 0 Å². The fourth-order valence-electron chi connectivity index (χ4n) is 2.70. The number of nitrogens with zero attached hydrogens (tertiary/aromatic N) is 1. The SMILES string of the molecule is NC(=O)C[C@H](NC(=O)[C@@H](N)Cc1ccc(O)cc1)C(=O)N[C@@H](CCCN=C(N)N)C(=O)O. The average molecular weight is 451 g/mol. The molecular weight excluding hydrogens is 422 g/mol. The molecule has 0 heterocycles. The summed E-state index contributed by atoms with van der Waals surface area (Å²) in [5.74, 6) is -3.92. The van der Waals surface area contributed by atoms with E-state index in [0.29, 0.717) is 5.56 Å². The maximum absolute atomic E-state index is 12.6. The molecule has 1 rings (SSSR count). The summed E-state index contributed by atoms with van der Waals surface area (Å²) >= 11 is 0. The Kier molecular flexibility index (Phi) is 10.4. The molecule has 0 aliphatic carbocycles. The van der Waals surface area contributed by atoms with Crippen LogP contribution in [0.15, 0.2) is 29.3 Å². The number of aliphatic imine (C=N–C) groups is 1. The van der Waals surface area contributed by atoms with Crippen LogP contribution < -0.4 is 33.6 Å². The highest BCUT2D eigenvalue weighted by Crippen LogP contribution is 2.11. The Morgan fingerprint density at radius 2 is 1.56 bits per heavy atom. The molecule has 3 amide bonds. The van der Waals surface area contributed by atoms with Gasteiger partial charge in [0.15, 0.2) is 5.96 Å². The average Bonchev–Trinajstić information content (AvgIpc) is 2.70. The zero-order chi connectivity index (χ0) is 24.3. The second-order valence-corrected chi connectivity index (χ2v) is 7.06. The first kappa shape index (κ1) is 26.2. The van der Waals surface area contributed by atoms with Gasteiger partial charge in [0.25, 0.3) is 0 Å². The number of guanidine groups is 1. The number of carboxylic acids is 1. The summed E-state index contributed by atoms with van der Waals surface area (Å²) < 4.78 is 0. The first-order chi connectivity index (χ1) is 15.0. The molecule has 0 aliphatic rings. The van der Waals surface area contributed by atoms with E-state index in [-0.39, 0.29) is 37.5 Å². The number of aliphatic carboxylic acids is 1. The molecule has 13 nitrogen and oxygen atoms in total. The van der Waals surface area contributed by atoms with Gasteiger partial charge in [-0.25, -0.2) is 4.79 Å². The van der Waals surface area contributed by atoms with E-state index in [1.54, 1.807) is 12.1 Å². The summed E-state index contributed by atoms with van der Waals surface area (Å²) in [6.07, 6.45) is -0.182. The number of phenolic OH excluding ortho intramolecular Hbond substituents is 1. The van der Waals surface area contributed by atoms with Gasteiger partial charge in [0, 0.05) is 6.54 Å². The smallest absolute Gasteiger partial charge is 0.326 e. The minimum absolute atomic E-state index is 0.00938. The van der Waals surface area contributed by atoms with Crippen LogP contribution in [0, 0.1) is 0 Å². The van der Waals surface area contributed by atoms with E-state index in [4.69, 9.17) is 22.9 Å². The Balaban J connectivity index is 2.77. The van der Waals surface area contributed by atoms with Crippen LogP contribution in [-0.4, -0.2) is 64.5 Å². The molecule has 0 aromatic heterocycles. The summed E-state index contributed by atoms with van der Waals surface area (Å²) in [5.41, 5.74) is 22.1. The highest BCUT2D eigenvalue weighted by molar-refractivity contribution is 5.94. The van der Waals surface area contributed by atoms with E-state index in [0.717, 1.165) is 0 Å². The number of hydrogen-bond donors (Lipinski definition) is 8. The third-order valence-electron chi connectivity index (χ3n) is 4.33. The van der Waals surface area contributed by atoms with Crippen molar-refractivity contribution in [1.29, 1.82) is 0 Å². The van der Waals surface area contributed by atoms with Crippen LogP contribution in [0.5, 0.6) is 5.75 Å². The van der Waals surface area contributed by atoms with Crippen LogP contribution in [0.3, 0.4) is 0 Å². The lowest BCUT2D eigenvalue weighted by Gasteiger charge is -2.22. The quantitative estimate of drug-likeness (QED) is 0.0877. The topological polar surface area (TPSA) is 249 Å². The Hall–Kier alpha value is -3.87. The third kappa shape index (κ3) is 9.75. The van der Waals surface area contributed by atoms with E-state index in [2.05, 4.69) is 15.6 Å². The molecule has 0 spiro atoms. The number of carbonyl (C=O) groups excluding carboxylic acids is 3. The molecule has 32 heavy (non-hydrogen) atoms. The number of carboxylic acid groups (broad SMARTS) is 1. The van der Waals surface area contributed by atoms with Crippen LogP contribution in [0.2, 0.25) is 0 Å². The molecule has 176 valence electrons. The summed E-state index contributed by atoms with van der Waals surface area (Å²) in [6.45, 7) is 0.162. The molecule has 0 aliphatic heterocycles. The molecular formula is C19H29N7O6. The van der Waals surface area contributed by atoms with Gasteiger partial charge >= 0.3 is 5.97 Å². The van der Waals surface area contributed by atoms with Gasteiger partial charge < -0.3 is 43.8 Å². The standard InChI is InChI=1S/C19H29N7O6/c20-12(8-10-3-5-11(27)6-4-10)16(29)26-14(9-15(21)28)17(30)25-13(18(31)32)2-1-7-24-19(22)23/h3-6,12-14,27H,1-2,7-9,20H2,(H2,21,28)(H,25,30)(H,26,29)(H,31,32)(H4,22,23,24)/t12-,13-,14-/m0/s1. The lowest BCUT2D eigenvalue weighted by atomic mass is 10.0. The minimum Gasteiger partial charge on any atom is -0.508 e. The Labute approximate surface area is 184 Å². The molecule has 3 atom stereocenters. The van der Waals surface area contributed by atoms with Crippen LogP contribution in [0.4, 0.5) is 0 Å². The zero-order valence-electron chi connectivity index (χ0n) is 17.4. The molecule has 1 aromatic rings. The second kappa shape index (κ2) is 12.7. The van der Waals surface area contributed by atoms with Gasteiger partial charge in [0.1, 0.15) is 17.8 Å². The molecule has 0 fully saturated rings. The van der Waals surface area contributed by atoms with Crippen molar-refractivity contribution < 1.29 is 29.4 Å². The van der Waals surface area contributed by atoms with E-state index >= 15 is 0 Å².